The Morgan fingerprint density at radius 2 is 2.10 bits per heavy atom. The van der Waals surface area contributed by atoms with Gasteiger partial charge < -0.3 is 0 Å². The minimum absolute atomic E-state index is 0.0552. The molecule has 0 saturated heterocycles. The highest BCUT2D eigenvalue weighted by Gasteiger charge is 2.34. The molecule has 2 aromatic carbocycles. The van der Waals surface area contributed by atoms with Crippen molar-refractivity contribution < 1.29 is 0 Å². The standard InChI is InChI=1S/C17H13N3S/c1-11-6-7-15-16(10-11)21-17-19-13(8-9-18)12-4-2-3-5-14(12)20(15)17/h2-7,10,13H,8H2,1H3/t13-/m1/s1. The van der Waals surface area contributed by atoms with Gasteiger partial charge in [0, 0.05) is 10.5 Å². The highest BCUT2D eigenvalue weighted by Crippen LogP contribution is 2.50. The summed E-state index contributed by atoms with van der Waals surface area (Å²) in [6, 6.07) is 16.9. The van der Waals surface area contributed by atoms with E-state index in [4.69, 9.17) is 10.3 Å². The summed E-state index contributed by atoms with van der Waals surface area (Å²) in [5.41, 5.74) is 4.73. The Kier molecular flexibility index (Phi) is 2.76. The monoisotopic (exact) mass is 291 g/mol. The molecule has 2 aromatic rings. The van der Waals surface area contributed by atoms with Crippen molar-refractivity contribution in [3.63, 3.8) is 0 Å². The molecule has 0 fully saturated rings. The predicted octanol–water partition coefficient (Wildman–Crippen LogP) is 4.56. The second kappa shape index (κ2) is 4.64. The number of fused-ring (bicyclic) bond motifs is 5. The molecule has 0 radical (unpaired) electrons. The number of hydrogen-bond acceptors (Lipinski definition) is 4. The summed E-state index contributed by atoms with van der Waals surface area (Å²) in [4.78, 5) is 8.25. The number of anilines is 2. The van der Waals surface area contributed by atoms with Crippen molar-refractivity contribution in [1.82, 2.24) is 0 Å². The zero-order valence-corrected chi connectivity index (χ0v) is 12.4. The molecule has 4 rings (SSSR count). The molecule has 2 aliphatic heterocycles. The summed E-state index contributed by atoms with van der Waals surface area (Å²) in [6.07, 6.45) is 0.421. The highest BCUT2D eigenvalue weighted by atomic mass is 32.2. The molecule has 1 atom stereocenters. The van der Waals surface area contributed by atoms with Crippen LogP contribution in [0, 0.1) is 18.3 Å². The fourth-order valence-corrected chi connectivity index (χ4v) is 4.04. The van der Waals surface area contributed by atoms with Gasteiger partial charge >= 0.3 is 0 Å². The maximum absolute atomic E-state index is 9.05. The Hall–Kier alpha value is -2.25. The number of benzene rings is 2. The molecule has 3 nitrogen and oxygen atoms in total. The summed E-state index contributed by atoms with van der Waals surface area (Å²) in [5.74, 6) is 0. The average Bonchev–Trinajstić information content (AvgIpc) is 2.85. The van der Waals surface area contributed by atoms with Gasteiger partial charge in [0.1, 0.15) is 0 Å². The maximum atomic E-state index is 9.05. The summed E-state index contributed by atoms with van der Waals surface area (Å²) >= 11 is 1.69. The number of aliphatic imine (C=N–C) groups is 1. The van der Waals surface area contributed by atoms with E-state index in [1.54, 1.807) is 11.8 Å². The van der Waals surface area contributed by atoms with Gasteiger partial charge in [0.05, 0.1) is 29.9 Å². The van der Waals surface area contributed by atoms with E-state index >= 15 is 0 Å². The van der Waals surface area contributed by atoms with Crippen molar-refractivity contribution in [2.45, 2.75) is 24.3 Å². The van der Waals surface area contributed by atoms with Crippen LogP contribution in [0.15, 0.2) is 52.4 Å². The molecule has 0 aromatic heterocycles. The van der Waals surface area contributed by atoms with Gasteiger partial charge in [0.15, 0.2) is 5.17 Å². The zero-order valence-electron chi connectivity index (χ0n) is 11.6. The van der Waals surface area contributed by atoms with Crippen molar-refractivity contribution in [2.75, 3.05) is 4.90 Å². The number of amidine groups is 1. The maximum Gasteiger partial charge on any atom is 0.174 e. The first-order chi connectivity index (χ1) is 10.3. The van der Waals surface area contributed by atoms with Gasteiger partial charge in [0.2, 0.25) is 0 Å². The van der Waals surface area contributed by atoms with Gasteiger partial charge in [-0.25, -0.2) is 0 Å². The average molecular weight is 291 g/mol. The van der Waals surface area contributed by atoms with E-state index in [-0.39, 0.29) is 6.04 Å². The third-order valence-corrected chi connectivity index (χ3v) is 4.85. The fourth-order valence-electron chi connectivity index (χ4n) is 2.87. The van der Waals surface area contributed by atoms with Crippen LogP contribution in [0.3, 0.4) is 0 Å². The van der Waals surface area contributed by atoms with Crippen LogP contribution in [-0.4, -0.2) is 5.17 Å². The van der Waals surface area contributed by atoms with Crippen LogP contribution in [-0.2, 0) is 0 Å². The lowest BCUT2D eigenvalue weighted by atomic mass is 10.0. The third-order valence-electron chi connectivity index (χ3n) is 3.84. The van der Waals surface area contributed by atoms with E-state index in [1.165, 1.54) is 16.1 Å². The molecular formula is C17H13N3S. The quantitative estimate of drug-likeness (QED) is 0.773. The Balaban J connectivity index is 1.91. The number of aryl methyl sites for hydroxylation is 1. The van der Waals surface area contributed by atoms with Crippen molar-refractivity contribution >= 4 is 28.3 Å². The topological polar surface area (TPSA) is 39.4 Å². The lowest BCUT2D eigenvalue weighted by Gasteiger charge is -2.29. The van der Waals surface area contributed by atoms with Crippen LogP contribution in [0.1, 0.15) is 23.6 Å². The molecule has 0 amide bonds. The Bertz CT molecular complexity index is 804. The first-order valence-electron chi connectivity index (χ1n) is 6.90. The van der Waals surface area contributed by atoms with Gasteiger partial charge in [-0.15, -0.1) is 0 Å². The van der Waals surface area contributed by atoms with Gasteiger partial charge in [-0.2, -0.15) is 5.26 Å². The van der Waals surface area contributed by atoms with Crippen LogP contribution in [0.4, 0.5) is 11.4 Å². The van der Waals surface area contributed by atoms with E-state index in [9.17, 15) is 0 Å². The normalized spacial score (nSPS) is 18.4. The second-order valence-electron chi connectivity index (χ2n) is 5.26. The number of para-hydroxylation sites is 1. The van der Waals surface area contributed by atoms with Crippen molar-refractivity contribution in [3.8, 4) is 6.07 Å². The van der Waals surface area contributed by atoms with Crippen LogP contribution in [0.5, 0.6) is 0 Å². The Morgan fingerprint density at radius 1 is 1.24 bits per heavy atom. The molecule has 102 valence electrons. The number of hydrogen-bond donors (Lipinski definition) is 0. The molecule has 2 aliphatic rings. The summed E-state index contributed by atoms with van der Waals surface area (Å²) < 4.78 is 0. The lowest BCUT2D eigenvalue weighted by molar-refractivity contribution is 0.742. The SMILES string of the molecule is Cc1ccc2c(c1)SC1=N[C@H](CC#N)c3ccccc3N12. The highest BCUT2D eigenvalue weighted by molar-refractivity contribution is 8.14. The number of nitriles is 1. The van der Waals surface area contributed by atoms with Crippen molar-refractivity contribution in [2.24, 2.45) is 4.99 Å². The molecule has 0 saturated carbocycles. The molecule has 0 aliphatic carbocycles. The van der Waals surface area contributed by atoms with Crippen LogP contribution < -0.4 is 4.90 Å². The first kappa shape index (κ1) is 12.5. The largest absolute Gasteiger partial charge is 0.288 e. The van der Waals surface area contributed by atoms with E-state index in [0.29, 0.717) is 6.42 Å². The molecule has 21 heavy (non-hydrogen) atoms. The minimum Gasteiger partial charge on any atom is -0.288 e. The van der Waals surface area contributed by atoms with E-state index < -0.39 is 0 Å². The van der Waals surface area contributed by atoms with Gasteiger partial charge in [0.25, 0.3) is 0 Å². The lowest BCUT2D eigenvalue weighted by Crippen LogP contribution is -2.25. The van der Waals surface area contributed by atoms with Crippen molar-refractivity contribution in [1.29, 1.82) is 5.26 Å². The minimum atomic E-state index is -0.0552. The van der Waals surface area contributed by atoms with Crippen LogP contribution >= 0.6 is 11.8 Å². The Labute approximate surface area is 127 Å². The first-order valence-corrected chi connectivity index (χ1v) is 7.72. The second-order valence-corrected chi connectivity index (χ2v) is 6.27. The Morgan fingerprint density at radius 3 is 2.95 bits per heavy atom. The molecular weight excluding hydrogens is 278 g/mol. The van der Waals surface area contributed by atoms with E-state index in [1.807, 2.05) is 12.1 Å². The fraction of sp³-hybridized carbons (Fsp3) is 0.176. The summed E-state index contributed by atoms with van der Waals surface area (Å²) in [7, 11) is 0. The van der Waals surface area contributed by atoms with E-state index in [0.717, 1.165) is 16.4 Å². The van der Waals surface area contributed by atoms with Gasteiger partial charge in [-0.05, 0) is 42.4 Å². The zero-order chi connectivity index (χ0) is 14.4. The molecule has 0 unspecified atom stereocenters. The predicted molar refractivity (Wildman–Crippen MR) is 86.0 cm³/mol. The van der Waals surface area contributed by atoms with Gasteiger partial charge in [-0.3, -0.25) is 9.89 Å². The smallest absolute Gasteiger partial charge is 0.174 e. The van der Waals surface area contributed by atoms with Crippen LogP contribution in [0.25, 0.3) is 0 Å². The number of nitrogens with zero attached hydrogens (tertiary/aromatic N) is 3. The molecule has 0 spiro atoms. The molecule has 2 heterocycles. The number of thioether (sulfide) groups is 1. The number of rotatable bonds is 1. The summed E-state index contributed by atoms with van der Waals surface area (Å²) in [6.45, 7) is 2.10. The molecule has 4 heteroatoms. The van der Waals surface area contributed by atoms with Crippen molar-refractivity contribution in [3.05, 3.63) is 53.6 Å². The van der Waals surface area contributed by atoms with E-state index in [2.05, 4.69) is 48.2 Å². The third kappa shape index (κ3) is 1.85. The summed E-state index contributed by atoms with van der Waals surface area (Å²) in [5, 5.41) is 10.0. The van der Waals surface area contributed by atoms with Gasteiger partial charge in [-0.1, -0.05) is 24.3 Å². The van der Waals surface area contributed by atoms with Crippen LogP contribution in [0.2, 0.25) is 0 Å². The molecule has 0 bridgehead atoms. The molecule has 0 N–H and O–H groups in total.